The van der Waals surface area contributed by atoms with E-state index < -0.39 is 0 Å². The summed E-state index contributed by atoms with van der Waals surface area (Å²) in [7, 11) is 0. The topological polar surface area (TPSA) is 26.3 Å². The van der Waals surface area contributed by atoms with Crippen molar-refractivity contribution in [3.8, 4) is 0 Å². The molecule has 0 radical (unpaired) electrons. The minimum absolute atomic E-state index is 0.0560. The first-order valence-electron chi connectivity index (χ1n) is 5.78. The second-order valence-electron chi connectivity index (χ2n) is 3.46. The Morgan fingerprint density at radius 1 is 1.35 bits per heavy atom. The van der Waals surface area contributed by atoms with Crippen LogP contribution in [0.1, 0.15) is 18.9 Å². The Morgan fingerprint density at radius 2 is 2.12 bits per heavy atom. The fourth-order valence-corrected chi connectivity index (χ4v) is 2.76. The third-order valence-corrected chi connectivity index (χ3v) is 4.09. The van der Waals surface area contributed by atoms with Gasteiger partial charge in [-0.15, -0.1) is 0 Å². The van der Waals surface area contributed by atoms with E-state index in [-0.39, 0.29) is 5.97 Å². The van der Waals surface area contributed by atoms with Crippen LogP contribution in [-0.2, 0) is 9.53 Å². The zero-order valence-corrected chi connectivity index (χ0v) is 11.8. The van der Waals surface area contributed by atoms with Gasteiger partial charge < -0.3 is 0 Å². The SMILES string of the molecule is CCOC(=O)C[Se]CC/C=C/c1ccccc1. The van der Waals surface area contributed by atoms with Crippen molar-refractivity contribution in [1.82, 2.24) is 0 Å². The van der Waals surface area contributed by atoms with Gasteiger partial charge in [0.2, 0.25) is 0 Å². The molecule has 0 spiro atoms. The molecule has 0 heterocycles. The number of hydrogen-bond acceptors (Lipinski definition) is 2. The summed E-state index contributed by atoms with van der Waals surface area (Å²) < 4.78 is 4.88. The number of carbonyl (C=O) groups excluding carboxylic acids is 1. The van der Waals surface area contributed by atoms with Crippen LogP contribution in [-0.4, -0.2) is 27.5 Å². The quantitative estimate of drug-likeness (QED) is 0.439. The molecule has 0 unspecified atom stereocenters. The summed E-state index contributed by atoms with van der Waals surface area (Å²) in [5, 5.41) is 1.69. The van der Waals surface area contributed by atoms with Crippen molar-refractivity contribution < 1.29 is 9.53 Å². The molecule has 2 nitrogen and oxygen atoms in total. The standard InChI is InChI=1S/C14H18O2Se/c1-2-16-14(15)12-17-11-7-6-10-13-8-4-3-5-9-13/h3-6,8-10H,2,7,11-12H2,1H3/b10-6+. The predicted octanol–water partition coefficient (Wildman–Crippen LogP) is 3.19. The van der Waals surface area contributed by atoms with Crippen molar-refractivity contribution >= 4 is 27.0 Å². The second kappa shape index (κ2) is 9.03. The van der Waals surface area contributed by atoms with E-state index in [1.54, 1.807) is 0 Å². The van der Waals surface area contributed by atoms with Crippen LogP contribution in [0.4, 0.5) is 0 Å². The molecule has 1 rings (SSSR count). The van der Waals surface area contributed by atoms with E-state index in [4.69, 9.17) is 4.74 Å². The number of esters is 1. The normalized spacial score (nSPS) is 10.6. The molecular formula is C14H18O2Se. The summed E-state index contributed by atoms with van der Waals surface area (Å²) in [6.45, 7) is 2.33. The van der Waals surface area contributed by atoms with Crippen LogP contribution in [0.5, 0.6) is 0 Å². The monoisotopic (exact) mass is 298 g/mol. The molecule has 92 valence electrons. The number of ether oxygens (including phenoxy) is 1. The Morgan fingerprint density at radius 3 is 2.82 bits per heavy atom. The molecule has 1 aromatic carbocycles. The van der Waals surface area contributed by atoms with Crippen LogP contribution in [0, 0.1) is 0 Å². The van der Waals surface area contributed by atoms with E-state index in [1.807, 2.05) is 25.1 Å². The van der Waals surface area contributed by atoms with Gasteiger partial charge in [-0.2, -0.15) is 0 Å². The maximum atomic E-state index is 11.1. The molecule has 0 saturated heterocycles. The van der Waals surface area contributed by atoms with Gasteiger partial charge in [0.1, 0.15) is 0 Å². The van der Waals surface area contributed by atoms with Gasteiger partial charge in [0.05, 0.1) is 0 Å². The second-order valence-corrected chi connectivity index (χ2v) is 5.78. The molecule has 0 N–H and O–H groups in total. The molecule has 17 heavy (non-hydrogen) atoms. The predicted molar refractivity (Wildman–Crippen MR) is 72.1 cm³/mol. The van der Waals surface area contributed by atoms with E-state index in [0.29, 0.717) is 26.9 Å². The van der Waals surface area contributed by atoms with E-state index in [1.165, 1.54) is 5.56 Å². The zero-order chi connectivity index (χ0) is 12.3. The summed E-state index contributed by atoms with van der Waals surface area (Å²) in [6.07, 6.45) is 5.33. The molecule has 0 aliphatic heterocycles. The van der Waals surface area contributed by atoms with E-state index in [2.05, 4.69) is 24.3 Å². The molecule has 3 heteroatoms. The number of benzene rings is 1. The van der Waals surface area contributed by atoms with E-state index in [0.717, 1.165) is 11.7 Å². The van der Waals surface area contributed by atoms with Crippen molar-refractivity contribution in [2.45, 2.75) is 24.0 Å². The number of carbonyl (C=O) groups is 1. The number of allylic oxidation sites excluding steroid dienone is 1. The molecule has 0 saturated carbocycles. The number of hydrogen-bond donors (Lipinski definition) is 0. The zero-order valence-electron chi connectivity index (χ0n) is 10.1. The Bertz CT molecular complexity index is 346. The van der Waals surface area contributed by atoms with Gasteiger partial charge in [-0.25, -0.2) is 0 Å². The summed E-state index contributed by atoms with van der Waals surface area (Å²) in [4.78, 5) is 11.1. The molecule has 0 bridgehead atoms. The molecule has 0 aliphatic rings. The Balaban J connectivity index is 2.08. The summed E-state index contributed by atoms with van der Waals surface area (Å²) in [6, 6.07) is 10.2. The van der Waals surface area contributed by atoms with Crippen molar-refractivity contribution in [2.75, 3.05) is 6.61 Å². The van der Waals surface area contributed by atoms with E-state index >= 15 is 0 Å². The number of rotatable bonds is 7. The summed E-state index contributed by atoms with van der Waals surface area (Å²) in [5.41, 5.74) is 1.23. The van der Waals surface area contributed by atoms with Gasteiger partial charge >= 0.3 is 109 Å². The first-order chi connectivity index (χ1) is 8.33. The Labute approximate surface area is 109 Å². The third kappa shape index (κ3) is 6.98. The molecule has 0 aliphatic carbocycles. The van der Waals surface area contributed by atoms with Gasteiger partial charge in [-0.3, -0.25) is 0 Å². The van der Waals surface area contributed by atoms with Gasteiger partial charge in [0.25, 0.3) is 0 Å². The van der Waals surface area contributed by atoms with E-state index in [9.17, 15) is 4.79 Å². The van der Waals surface area contributed by atoms with Crippen molar-refractivity contribution in [1.29, 1.82) is 0 Å². The first-order valence-corrected chi connectivity index (χ1v) is 8.20. The van der Waals surface area contributed by atoms with Crippen molar-refractivity contribution in [2.24, 2.45) is 0 Å². The van der Waals surface area contributed by atoms with Crippen molar-refractivity contribution in [3.05, 3.63) is 42.0 Å². The molecule has 1 aromatic rings. The molecule has 0 atom stereocenters. The van der Waals surface area contributed by atoms with Crippen LogP contribution in [0.15, 0.2) is 36.4 Å². The average molecular weight is 297 g/mol. The molecule has 0 aromatic heterocycles. The molecule has 0 amide bonds. The van der Waals surface area contributed by atoms with Crippen LogP contribution in [0.25, 0.3) is 6.08 Å². The molecule has 0 fully saturated rings. The van der Waals surface area contributed by atoms with Crippen LogP contribution in [0.2, 0.25) is 10.6 Å². The third-order valence-electron chi connectivity index (χ3n) is 2.06. The summed E-state index contributed by atoms with van der Waals surface area (Å²) >= 11 is 0.368. The van der Waals surface area contributed by atoms with Crippen LogP contribution < -0.4 is 0 Å². The Hall–Kier alpha value is -1.05. The average Bonchev–Trinajstić information content (AvgIpc) is 2.35. The Kier molecular flexibility index (Phi) is 7.44. The van der Waals surface area contributed by atoms with Gasteiger partial charge in [-0.05, 0) is 0 Å². The van der Waals surface area contributed by atoms with Gasteiger partial charge in [0, 0.05) is 0 Å². The maximum absolute atomic E-state index is 11.1. The van der Waals surface area contributed by atoms with Gasteiger partial charge in [0.15, 0.2) is 0 Å². The van der Waals surface area contributed by atoms with Crippen LogP contribution in [0.3, 0.4) is 0 Å². The fraction of sp³-hybridized carbons (Fsp3) is 0.357. The van der Waals surface area contributed by atoms with Gasteiger partial charge in [-0.1, -0.05) is 0 Å². The first kappa shape index (κ1) is 14.0. The summed E-state index contributed by atoms with van der Waals surface area (Å²) in [5.74, 6) is -0.0560. The fourth-order valence-electron chi connectivity index (χ4n) is 1.29. The molecular weight excluding hydrogens is 279 g/mol. The van der Waals surface area contributed by atoms with Crippen LogP contribution >= 0.6 is 0 Å². The minimum atomic E-state index is -0.0560. The van der Waals surface area contributed by atoms with Crippen molar-refractivity contribution in [3.63, 3.8) is 0 Å².